The second-order valence-electron chi connectivity index (χ2n) is 28.9. The van der Waals surface area contributed by atoms with Crippen molar-refractivity contribution in [2.45, 2.75) is 259 Å². The van der Waals surface area contributed by atoms with Crippen LogP contribution in [-0.4, -0.2) is 354 Å². The molecule has 0 bridgehead atoms. The summed E-state index contributed by atoms with van der Waals surface area (Å²) < 4.78 is 0. The number of anilines is 1. The summed E-state index contributed by atoms with van der Waals surface area (Å²) in [6, 6.07) is -1.55. The van der Waals surface area contributed by atoms with Crippen molar-refractivity contribution in [2.75, 3.05) is 57.1 Å². The number of aliphatic carboxylic acids is 1. The van der Waals surface area contributed by atoms with Crippen molar-refractivity contribution in [2.24, 2.45) is 23.5 Å². The van der Waals surface area contributed by atoms with Gasteiger partial charge in [-0.1, -0.05) is 46.2 Å². The van der Waals surface area contributed by atoms with Gasteiger partial charge >= 0.3 is 18.3 Å². The number of thioether (sulfide) groups is 1. The lowest BCUT2D eigenvalue weighted by Crippen LogP contribution is -2.53. The van der Waals surface area contributed by atoms with Crippen LogP contribution in [-0.2, 0) is 97.5 Å². The van der Waals surface area contributed by atoms with E-state index < -0.39 is 305 Å². The highest BCUT2D eigenvalue weighted by molar-refractivity contribution is 8.00. The Bertz CT molecular complexity index is 3550. The molecule has 21 atom stereocenters. The number of carboxylic acid groups (broad SMARTS) is 1. The minimum absolute atomic E-state index is 0.0632. The summed E-state index contributed by atoms with van der Waals surface area (Å²) in [5.41, 5.74) is 7.40. The van der Waals surface area contributed by atoms with Gasteiger partial charge in [-0.3, -0.25) is 67.2 Å². The van der Waals surface area contributed by atoms with Gasteiger partial charge < -0.3 is 140 Å². The summed E-state index contributed by atoms with van der Waals surface area (Å²) in [7, 11) is 0. The molecule has 0 radical (unpaired) electrons. The molecule has 1 aromatic rings. The van der Waals surface area contributed by atoms with E-state index in [1.807, 2.05) is 0 Å². The second kappa shape index (κ2) is 60.9. The number of benzene rings is 1. The lowest BCUT2D eigenvalue weighted by molar-refractivity contribution is -0.193. The zero-order chi connectivity index (χ0) is 93.2. The summed E-state index contributed by atoms with van der Waals surface area (Å²) in [4.78, 5) is 233. The number of carboxylic acids is 1. The van der Waals surface area contributed by atoms with Gasteiger partial charge in [0.2, 0.25) is 65.0 Å². The number of amides is 11. The van der Waals surface area contributed by atoms with E-state index in [0.29, 0.717) is 36.7 Å². The Morgan fingerprint density at radius 3 is 1.31 bits per heavy atom. The van der Waals surface area contributed by atoms with Crippen LogP contribution in [0.5, 0.6) is 0 Å². The Balaban J connectivity index is 0.0000236. The number of rotatable bonds is 60. The number of aryl methyl sites for hydroxylation is 1. The lowest BCUT2D eigenvalue weighted by atomic mass is 9.90. The van der Waals surface area contributed by atoms with Crippen molar-refractivity contribution in [3.8, 4) is 0 Å². The maximum atomic E-state index is 14.5. The molecule has 0 spiro atoms. The van der Waals surface area contributed by atoms with E-state index >= 15 is 0 Å². The van der Waals surface area contributed by atoms with E-state index in [-0.39, 0.29) is 63.8 Å². The molecule has 11 amide bonds. The van der Waals surface area contributed by atoms with E-state index in [4.69, 9.17) is 35.1 Å². The van der Waals surface area contributed by atoms with E-state index in [1.54, 1.807) is 38.1 Å². The molecule has 2 rings (SSSR count). The number of unbranched alkanes of at least 4 members (excludes halogenated alkanes) is 2. The van der Waals surface area contributed by atoms with Crippen LogP contribution < -0.4 is 53.6 Å². The molecule has 1 saturated heterocycles. The Hall–Kier alpha value is -9.46. The zero-order valence-electron chi connectivity index (χ0n) is 68.1. The molecule has 1 fully saturated rings. The summed E-state index contributed by atoms with van der Waals surface area (Å²) in [5, 5.41) is 179. The topological polar surface area (TPSA) is 786 Å². The van der Waals surface area contributed by atoms with Gasteiger partial charge in [0, 0.05) is 101 Å². The number of aliphatic hydroxyl groups excluding tert-OH is 15. The van der Waals surface area contributed by atoms with Crippen molar-refractivity contribution < 1.29 is 173 Å². The monoisotopic (exact) mass is 1770 g/mol. The number of carbonyl (C=O) groups is 15. The van der Waals surface area contributed by atoms with Crippen LogP contribution in [0, 0.1) is 17.8 Å². The normalized spacial score (nSPS) is 17.4. The van der Waals surface area contributed by atoms with Crippen LogP contribution in [0.4, 0.5) is 5.69 Å². The van der Waals surface area contributed by atoms with Gasteiger partial charge in [0.05, 0.1) is 61.5 Å². The van der Waals surface area contributed by atoms with Crippen LogP contribution in [0.15, 0.2) is 24.3 Å². The molecule has 0 saturated carbocycles. The SMILES string of the molecule is CC[C@@H](NC(=O)[C@H](CCC(=O)NC[C@H](O)[C@@H](O)[C@H](O)[C@H](O)CO)CC(=O)[C@@H](CC)NC(=O)[C@@H](N)CCC(=O)NC[C@H](O)[C@@H](O)[C@H](O)[C@H](O)CO)C(=O)C[C@@H](CCC(=O)NC[C@H](O)[C@@H](O)[C@H](O)[C@H](O)CO)C(=O)N[C@H](CSC1CC(=O)N(CCCCCC(=O)N[C@H](C(=O)N[C@@H](C)C(=O)Nc2ccc(CCC=O)cc2)C(C)C)C1=O)C(=O)O.O=C=O.O=C=O. The molecule has 1 unspecified atom stereocenters. The zero-order valence-corrected chi connectivity index (χ0v) is 68.9. The average Bonchev–Trinajstić information content (AvgIpc) is 1.67. The smallest absolute Gasteiger partial charge is 0.373 e. The number of aliphatic hydroxyl groups is 15. The van der Waals surface area contributed by atoms with Crippen molar-refractivity contribution in [1.82, 2.24) is 47.4 Å². The highest BCUT2D eigenvalue weighted by atomic mass is 32.2. The summed E-state index contributed by atoms with van der Waals surface area (Å²) in [6.45, 7) is 2.36. The van der Waals surface area contributed by atoms with Gasteiger partial charge in [-0.05, 0) is 81.9 Å². The van der Waals surface area contributed by atoms with Crippen LogP contribution in [0.25, 0.3) is 0 Å². The minimum Gasteiger partial charge on any atom is -0.480 e. The van der Waals surface area contributed by atoms with E-state index in [2.05, 4.69) is 47.9 Å². The average molecular weight is 1770 g/mol. The van der Waals surface area contributed by atoms with Crippen molar-refractivity contribution >= 4 is 119 Å². The quantitative estimate of drug-likeness (QED) is 0.0164. The number of hydrogen-bond donors (Lipinski definition) is 26. The number of nitrogens with zero attached hydrogens (tertiary/aromatic N) is 1. The number of nitrogens with one attached hydrogen (secondary N) is 9. The molecule has 1 aromatic carbocycles. The number of nitrogens with two attached hydrogens (primary N) is 1. The first-order valence-electron chi connectivity index (χ1n) is 39.1. The fourth-order valence-electron chi connectivity index (χ4n) is 11.6. The maximum absolute atomic E-state index is 14.5. The van der Waals surface area contributed by atoms with Crippen LogP contribution in [0.2, 0.25) is 0 Å². The number of imide groups is 1. The number of carbonyl (C=O) groups excluding carboxylic acids is 18. The summed E-state index contributed by atoms with van der Waals surface area (Å²) >= 11 is 0.696. The summed E-state index contributed by atoms with van der Waals surface area (Å²) in [6.07, 6.45) is -26.7. The number of Topliss-reactive ketones (excluding diaryl/α,β-unsaturated/α-hetero) is 2. The first-order valence-corrected chi connectivity index (χ1v) is 40.1. The van der Waals surface area contributed by atoms with Gasteiger partial charge in [0.15, 0.2) is 11.6 Å². The van der Waals surface area contributed by atoms with Gasteiger partial charge in [-0.15, -0.1) is 11.8 Å². The fourth-order valence-corrected chi connectivity index (χ4v) is 12.8. The van der Waals surface area contributed by atoms with Gasteiger partial charge in [-0.2, -0.15) is 19.2 Å². The lowest BCUT2D eigenvalue weighted by Gasteiger charge is -2.26. The molecule has 46 nitrogen and oxygen atoms in total. The van der Waals surface area contributed by atoms with Gasteiger partial charge in [0.25, 0.3) is 0 Å². The Kier molecular flexibility index (Phi) is 56.2. The van der Waals surface area contributed by atoms with E-state index in [1.165, 1.54) is 20.8 Å². The molecule has 0 aliphatic carbocycles. The van der Waals surface area contributed by atoms with Gasteiger partial charge in [-0.25, -0.2) is 4.79 Å². The maximum Gasteiger partial charge on any atom is 0.373 e. The van der Waals surface area contributed by atoms with Crippen molar-refractivity contribution in [3.63, 3.8) is 0 Å². The molecule has 1 aliphatic heterocycles. The largest absolute Gasteiger partial charge is 0.480 e. The standard InChI is InChI=1S/C73H119N11O31S.2CO2/c1-6-43(80-68(109)39(16-21-55(97)75-29-48(91)61(102)64(105)51(94)32-86)26-47(90)44(7-2)81-70(111)42(74)20-23-57(99)77-31-50(93)63(104)66(107)53(96)34-88)46(89)27-40(17-22-56(98)76-30-49(92)62(103)65(106)52(95)33-87)69(110)82-45(73(114)115)35-116-54-28-59(101)84(72(54)113)24-10-8-9-13-58(100)83-60(36(3)4)71(112)78-37(5)67(108)79-41-18-14-38(15-19-41)12-11-25-85;2*2-1-3/h14-15,18-19,25,36-37,39-40,42-45,48-54,60-66,86-88,91-96,102-107H,6-13,16-17,20-24,26-35,74H2,1-5H3,(H,75,97)(H,76,98)(H,77,99)(H,78,112)(H,79,108)(H,80,109)(H,81,111)(H,82,110)(H,83,100)(H,114,115);;/t37-,39+,40+,42-,43+,44+,45+,48-,49-,50-,51+,52+,53+,54?,60-,61+,62+,63+,64+,65+,66+;;/m0../s1. The third-order valence-electron chi connectivity index (χ3n) is 19.2. The predicted octanol–water partition coefficient (Wildman–Crippen LogP) is -10.5. The predicted molar refractivity (Wildman–Crippen MR) is 418 cm³/mol. The van der Waals surface area contributed by atoms with E-state index in [9.17, 15) is 143 Å². The Labute approximate surface area is 705 Å². The number of likely N-dealkylation sites (tertiary alicyclic amines) is 1. The van der Waals surface area contributed by atoms with Crippen molar-refractivity contribution in [3.05, 3.63) is 29.8 Å². The highest BCUT2D eigenvalue weighted by Crippen LogP contribution is 2.28. The third kappa shape index (κ3) is 42.1. The molecular weight excluding hydrogens is 1650 g/mol. The third-order valence-corrected chi connectivity index (χ3v) is 20.5. The minimum atomic E-state index is -2.12. The fraction of sp³-hybridized carbons (Fsp3) is 0.693. The first kappa shape index (κ1) is 113. The second-order valence-corrected chi connectivity index (χ2v) is 30.1. The molecule has 690 valence electrons. The molecule has 0 aromatic heterocycles. The Morgan fingerprint density at radius 2 is 0.918 bits per heavy atom. The van der Waals surface area contributed by atoms with Crippen LogP contribution >= 0.6 is 11.8 Å². The molecule has 1 aliphatic rings. The first-order chi connectivity index (χ1) is 57.4. The number of hydrogen-bond acceptors (Lipinski definition) is 36. The highest BCUT2D eigenvalue weighted by Gasteiger charge is 2.41. The molecule has 47 heteroatoms. The molecule has 122 heavy (non-hydrogen) atoms. The molecule has 27 N–H and O–H groups in total. The van der Waals surface area contributed by atoms with Crippen LogP contribution in [0.3, 0.4) is 0 Å². The number of ketones is 2. The van der Waals surface area contributed by atoms with E-state index in [0.717, 1.165) is 16.7 Å². The summed E-state index contributed by atoms with van der Waals surface area (Å²) in [5.74, 6) is -16.6. The number of aldehydes is 1. The van der Waals surface area contributed by atoms with Crippen molar-refractivity contribution in [1.29, 1.82) is 0 Å². The molecule has 1 heterocycles. The Morgan fingerprint density at radius 1 is 0.516 bits per heavy atom. The van der Waals surface area contributed by atoms with Crippen LogP contribution in [0.1, 0.15) is 143 Å². The molecular formula is C75H119N11O35S. The van der Waals surface area contributed by atoms with Gasteiger partial charge in [0.1, 0.15) is 79.3 Å².